The number of thiophene rings is 1. The highest BCUT2D eigenvalue weighted by molar-refractivity contribution is 7.95. The Morgan fingerprint density at radius 1 is 1.48 bits per heavy atom. The lowest BCUT2D eigenvalue weighted by molar-refractivity contribution is -0.383. The zero-order valence-electron chi connectivity index (χ0n) is 10.8. The summed E-state index contributed by atoms with van der Waals surface area (Å²) in [6, 6.07) is 1.04. The molecule has 0 aliphatic rings. The summed E-state index contributed by atoms with van der Waals surface area (Å²) in [5, 5.41) is 17.8. The Balaban J connectivity index is 2.32. The van der Waals surface area contributed by atoms with E-state index in [1.165, 1.54) is 6.20 Å². The third kappa shape index (κ3) is 3.65. The number of hydrogen-bond acceptors (Lipinski definition) is 9. The molecular formula is C9H11N5O4S3. The number of hydrogen-bond donors (Lipinski definition) is 2. The van der Waals surface area contributed by atoms with Crippen molar-refractivity contribution < 1.29 is 13.3 Å². The molecule has 12 heteroatoms. The van der Waals surface area contributed by atoms with Crippen LogP contribution < -0.4 is 10.0 Å². The summed E-state index contributed by atoms with van der Waals surface area (Å²) < 4.78 is 30.0. The van der Waals surface area contributed by atoms with Gasteiger partial charge in [0.15, 0.2) is 5.00 Å². The lowest BCUT2D eigenvalue weighted by Gasteiger charge is -2.01. The minimum atomic E-state index is -3.89. The molecule has 2 heterocycles. The molecular weight excluding hydrogens is 338 g/mol. The molecule has 21 heavy (non-hydrogen) atoms. The van der Waals surface area contributed by atoms with E-state index in [-0.39, 0.29) is 19.9 Å². The van der Waals surface area contributed by atoms with Gasteiger partial charge in [0.25, 0.3) is 10.0 Å². The first-order valence-corrected chi connectivity index (χ1v) is 8.83. The summed E-state index contributed by atoms with van der Waals surface area (Å²) in [6.45, 7) is 2.43. The van der Waals surface area contributed by atoms with Gasteiger partial charge in [0.1, 0.15) is 9.21 Å². The van der Waals surface area contributed by atoms with Gasteiger partial charge in [-0.25, -0.2) is 8.42 Å². The van der Waals surface area contributed by atoms with Gasteiger partial charge in [-0.1, -0.05) is 22.7 Å². The van der Waals surface area contributed by atoms with Crippen molar-refractivity contribution in [3.8, 4) is 0 Å². The van der Waals surface area contributed by atoms with Crippen LogP contribution in [0.3, 0.4) is 0 Å². The van der Waals surface area contributed by atoms with Gasteiger partial charge in [0, 0.05) is 24.1 Å². The number of sulfonamides is 1. The molecule has 0 bridgehead atoms. The topological polar surface area (TPSA) is 127 Å². The second kappa shape index (κ2) is 6.32. The summed E-state index contributed by atoms with van der Waals surface area (Å²) in [6.07, 6.45) is 2.03. The van der Waals surface area contributed by atoms with Gasteiger partial charge >= 0.3 is 5.69 Å². The van der Waals surface area contributed by atoms with Crippen molar-refractivity contribution in [3.63, 3.8) is 0 Å². The third-order valence-electron chi connectivity index (χ3n) is 2.28. The number of nitrogens with zero attached hydrogens (tertiary/aromatic N) is 3. The maximum atomic E-state index is 12.2. The van der Waals surface area contributed by atoms with Gasteiger partial charge in [-0.3, -0.25) is 14.8 Å². The fraction of sp³-hybridized carbons (Fsp3) is 0.333. The lowest BCUT2D eigenvalue weighted by Crippen LogP contribution is -2.10. The molecule has 0 amide bonds. The van der Waals surface area contributed by atoms with Gasteiger partial charge in [0.05, 0.1) is 11.1 Å². The Morgan fingerprint density at radius 3 is 2.81 bits per heavy atom. The lowest BCUT2D eigenvalue weighted by atomic mass is 10.4. The van der Waals surface area contributed by atoms with Crippen LogP contribution in [0.15, 0.2) is 16.5 Å². The van der Waals surface area contributed by atoms with E-state index < -0.39 is 14.9 Å². The maximum Gasteiger partial charge on any atom is 0.304 e. The molecule has 114 valence electrons. The zero-order chi connectivity index (χ0) is 15.5. The van der Waals surface area contributed by atoms with E-state index in [4.69, 9.17) is 0 Å². The SMILES string of the molecule is CCCNc1sc(S(=O)(=O)Nc2cnns2)cc1[N+](=O)[O-]. The van der Waals surface area contributed by atoms with Crippen molar-refractivity contribution in [1.29, 1.82) is 0 Å². The summed E-state index contributed by atoms with van der Waals surface area (Å²) in [4.78, 5) is 10.4. The molecule has 0 saturated heterocycles. The molecule has 0 aliphatic carbocycles. The first-order valence-electron chi connectivity index (χ1n) is 5.76. The van der Waals surface area contributed by atoms with Crippen LogP contribution in [0, 0.1) is 10.1 Å². The van der Waals surface area contributed by atoms with Crippen LogP contribution in [0.4, 0.5) is 15.7 Å². The average molecular weight is 349 g/mol. The predicted octanol–water partition coefficient (Wildman–Crippen LogP) is 2.13. The highest BCUT2D eigenvalue weighted by Crippen LogP contribution is 2.37. The molecule has 0 aliphatic heterocycles. The Bertz CT molecular complexity index is 725. The van der Waals surface area contributed by atoms with Crippen molar-refractivity contribution in [2.45, 2.75) is 17.6 Å². The highest BCUT2D eigenvalue weighted by atomic mass is 32.2. The third-order valence-corrected chi connectivity index (χ3v) is 5.91. The Kier molecular flexibility index (Phi) is 4.69. The molecule has 0 atom stereocenters. The molecule has 0 aromatic carbocycles. The Labute approximate surface area is 128 Å². The van der Waals surface area contributed by atoms with Gasteiger partial charge in [-0.15, -0.1) is 5.10 Å². The minimum Gasteiger partial charge on any atom is -0.371 e. The van der Waals surface area contributed by atoms with E-state index in [0.717, 1.165) is 35.4 Å². The van der Waals surface area contributed by atoms with Crippen LogP contribution in [0.2, 0.25) is 0 Å². The molecule has 0 spiro atoms. The van der Waals surface area contributed by atoms with Crippen molar-refractivity contribution in [2.24, 2.45) is 0 Å². The Morgan fingerprint density at radius 2 is 2.24 bits per heavy atom. The summed E-state index contributed by atoms with van der Waals surface area (Å²) in [5.74, 6) is 0. The first-order chi connectivity index (χ1) is 9.94. The number of aromatic nitrogens is 2. The maximum absolute atomic E-state index is 12.2. The number of anilines is 2. The second-order valence-corrected chi connectivity index (χ2v) is 7.60. The van der Waals surface area contributed by atoms with Crippen LogP contribution in [0.5, 0.6) is 0 Å². The average Bonchev–Trinajstić information content (AvgIpc) is 3.04. The summed E-state index contributed by atoms with van der Waals surface area (Å²) in [5.41, 5.74) is -0.253. The zero-order valence-corrected chi connectivity index (χ0v) is 13.2. The van der Waals surface area contributed by atoms with E-state index in [9.17, 15) is 18.5 Å². The quantitative estimate of drug-likeness (QED) is 0.579. The molecule has 2 aromatic heterocycles. The van der Waals surface area contributed by atoms with E-state index in [2.05, 4.69) is 19.6 Å². The monoisotopic (exact) mass is 349 g/mol. The van der Waals surface area contributed by atoms with Crippen molar-refractivity contribution in [3.05, 3.63) is 22.4 Å². The second-order valence-electron chi connectivity index (χ2n) is 3.85. The summed E-state index contributed by atoms with van der Waals surface area (Å²) in [7, 11) is -3.89. The van der Waals surface area contributed by atoms with Gasteiger partial charge in [-0.2, -0.15) is 0 Å². The largest absolute Gasteiger partial charge is 0.371 e. The number of rotatable bonds is 7. The van der Waals surface area contributed by atoms with E-state index >= 15 is 0 Å². The van der Waals surface area contributed by atoms with E-state index in [1.54, 1.807) is 0 Å². The van der Waals surface area contributed by atoms with Crippen LogP contribution in [0.25, 0.3) is 0 Å². The van der Waals surface area contributed by atoms with Gasteiger partial charge in [-0.05, 0) is 6.42 Å². The standard InChI is InChI=1S/C9H11N5O4S3/c1-2-3-10-9-6(14(15)16)4-8(19-9)21(17,18)12-7-5-11-13-20-7/h4-5,10,12H,2-3H2,1H3. The number of nitro groups is 1. The van der Waals surface area contributed by atoms with Crippen LogP contribution >= 0.6 is 22.9 Å². The van der Waals surface area contributed by atoms with Crippen molar-refractivity contribution in [2.75, 3.05) is 16.6 Å². The molecule has 0 radical (unpaired) electrons. The molecule has 2 N–H and O–H groups in total. The van der Waals surface area contributed by atoms with Gasteiger partial charge in [0.2, 0.25) is 0 Å². The van der Waals surface area contributed by atoms with Crippen molar-refractivity contribution in [1.82, 2.24) is 9.59 Å². The molecule has 0 saturated carbocycles. The molecule has 0 fully saturated rings. The fourth-order valence-corrected chi connectivity index (χ4v) is 4.43. The van der Waals surface area contributed by atoms with Crippen LogP contribution in [-0.4, -0.2) is 29.5 Å². The van der Waals surface area contributed by atoms with Gasteiger partial charge < -0.3 is 5.32 Å². The van der Waals surface area contributed by atoms with Crippen LogP contribution in [0.1, 0.15) is 13.3 Å². The normalized spacial score (nSPS) is 11.3. The molecule has 2 rings (SSSR count). The fourth-order valence-electron chi connectivity index (χ4n) is 1.39. The minimum absolute atomic E-state index is 0.138. The molecule has 9 nitrogen and oxygen atoms in total. The molecule has 0 unspecified atom stereocenters. The van der Waals surface area contributed by atoms with E-state index in [1.807, 2.05) is 6.92 Å². The van der Waals surface area contributed by atoms with E-state index in [0.29, 0.717) is 6.54 Å². The summed E-state index contributed by atoms with van der Waals surface area (Å²) >= 11 is 1.70. The van der Waals surface area contributed by atoms with Crippen molar-refractivity contribution >= 4 is 48.6 Å². The highest BCUT2D eigenvalue weighted by Gasteiger charge is 2.26. The number of nitrogens with one attached hydrogen (secondary N) is 2. The first kappa shape index (κ1) is 15.6. The molecule has 2 aromatic rings. The van der Waals surface area contributed by atoms with Crippen LogP contribution in [-0.2, 0) is 10.0 Å². The Hall–Kier alpha value is -1.79. The predicted molar refractivity (Wildman–Crippen MR) is 80.5 cm³/mol. The smallest absolute Gasteiger partial charge is 0.304 e.